The van der Waals surface area contributed by atoms with Crippen molar-refractivity contribution < 1.29 is 14.5 Å². The molecular formula is C30H20Cl2N4O4S2. The Kier molecular flexibility index (Phi) is 7.63. The van der Waals surface area contributed by atoms with E-state index in [0.717, 1.165) is 5.56 Å². The van der Waals surface area contributed by atoms with Crippen molar-refractivity contribution in [3.63, 3.8) is 0 Å². The van der Waals surface area contributed by atoms with Crippen molar-refractivity contribution in [2.24, 2.45) is 5.10 Å². The lowest BCUT2D eigenvalue weighted by atomic mass is 10.2. The molecule has 0 unspecified atom stereocenters. The minimum absolute atomic E-state index is 0.0558. The monoisotopic (exact) mass is 634 g/mol. The Bertz CT molecular complexity index is 1750. The van der Waals surface area contributed by atoms with Gasteiger partial charge >= 0.3 is 0 Å². The van der Waals surface area contributed by atoms with Crippen LogP contribution < -0.4 is 14.6 Å². The van der Waals surface area contributed by atoms with E-state index in [2.05, 4.69) is 0 Å². The number of halogens is 2. The summed E-state index contributed by atoms with van der Waals surface area (Å²) in [6.45, 7) is 0. The second-order valence-electron chi connectivity index (χ2n) is 9.13. The summed E-state index contributed by atoms with van der Waals surface area (Å²) < 4.78 is 4.12. The van der Waals surface area contributed by atoms with E-state index in [4.69, 9.17) is 33.0 Å². The number of methoxy groups -OCH3 is 1. The molecule has 6 rings (SSSR count). The number of amides is 1. The number of nitro groups is 1. The van der Waals surface area contributed by atoms with Crippen molar-refractivity contribution in [2.75, 3.05) is 17.0 Å². The summed E-state index contributed by atoms with van der Waals surface area (Å²) in [5, 5.41) is 19.5. The molecule has 0 saturated carbocycles. The third-order valence-corrected chi connectivity index (χ3v) is 9.82. The molecule has 0 aromatic heterocycles. The molecule has 2 aliphatic heterocycles. The van der Waals surface area contributed by atoms with Crippen LogP contribution in [0.1, 0.15) is 11.1 Å². The summed E-state index contributed by atoms with van der Waals surface area (Å²) in [5.74, 6) is 0.485. The average Bonchev–Trinajstić information content (AvgIpc) is 3.49. The number of anilines is 2. The third kappa shape index (κ3) is 5.11. The summed E-state index contributed by atoms with van der Waals surface area (Å²) in [5.41, 5.74) is 2.62. The minimum Gasteiger partial charge on any atom is -0.497 e. The summed E-state index contributed by atoms with van der Waals surface area (Å²) in [4.78, 5) is 27.4. The van der Waals surface area contributed by atoms with Crippen LogP contribution in [0.2, 0.25) is 10.0 Å². The van der Waals surface area contributed by atoms with E-state index in [-0.39, 0.29) is 11.6 Å². The fourth-order valence-electron chi connectivity index (χ4n) is 4.53. The highest BCUT2D eigenvalue weighted by Crippen LogP contribution is 2.60. The number of carbonyl (C=O) groups is 1. The topological polar surface area (TPSA) is 88.3 Å². The normalized spacial score (nSPS) is 19.1. The van der Waals surface area contributed by atoms with E-state index in [1.807, 2.05) is 60.7 Å². The Morgan fingerprint density at radius 3 is 2.29 bits per heavy atom. The Morgan fingerprint density at radius 1 is 0.929 bits per heavy atom. The molecule has 0 aliphatic carbocycles. The molecule has 0 bridgehead atoms. The second-order valence-corrected chi connectivity index (χ2v) is 12.6. The van der Waals surface area contributed by atoms with Crippen molar-refractivity contribution in [1.82, 2.24) is 0 Å². The van der Waals surface area contributed by atoms with Gasteiger partial charge in [-0.15, -0.1) is 0 Å². The number of benzene rings is 4. The maximum absolute atomic E-state index is 14.3. The first-order valence-electron chi connectivity index (χ1n) is 12.5. The number of nitrogens with zero attached hydrogens (tertiary/aromatic N) is 4. The number of hydrazone groups is 1. The van der Waals surface area contributed by atoms with E-state index >= 15 is 0 Å². The van der Waals surface area contributed by atoms with Crippen molar-refractivity contribution in [3.05, 3.63) is 133 Å². The predicted molar refractivity (Wildman–Crippen MR) is 171 cm³/mol. The van der Waals surface area contributed by atoms with Gasteiger partial charge in [0.25, 0.3) is 11.6 Å². The molecule has 1 fully saturated rings. The molecular weight excluding hydrogens is 615 g/mol. The van der Waals surface area contributed by atoms with E-state index in [1.165, 1.54) is 35.7 Å². The number of rotatable bonds is 6. The number of hydrogen-bond donors (Lipinski definition) is 0. The van der Waals surface area contributed by atoms with Crippen LogP contribution in [0.25, 0.3) is 6.08 Å². The number of ether oxygens (including phenoxy) is 1. The molecule has 42 heavy (non-hydrogen) atoms. The predicted octanol–water partition coefficient (Wildman–Crippen LogP) is 8.26. The highest BCUT2D eigenvalue weighted by Gasteiger charge is 2.59. The summed E-state index contributed by atoms with van der Waals surface area (Å²) in [6.07, 6.45) is 1.83. The Hall–Kier alpha value is -3.96. The number of carbonyl (C=O) groups excluding carboxylic acids is 1. The van der Waals surface area contributed by atoms with E-state index in [9.17, 15) is 14.9 Å². The molecule has 0 radical (unpaired) electrons. The quantitative estimate of drug-likeness (QED) is 0.120. The first kappa shape index (κ1) is 28.2. The Balaban J connectivity index is 1.52. The van der Waals surface area contributed by atoms with Gasteiger partial charge in [-0.1, -0.05) is 65.3 Å². The van der Waals surface area contributed by atoms with Gasteiger partial charge in [-0.2, -0.15) is 5.10 Å². The third-order valence-electron chi connectivity index (χ3n) is 6.52. The zero-order valence-electron chi connectivity index (χ0n) is 21.8. The molecule has 1 spiro atoms. The standard InChI is InChI=1S/C30H20Cl2N4O4S2/c1-40-24-14-7-19(8-15-24)17-27-29(37)34(21-5-3-2-4-6-21)30(41-27)35(22-10-12-23(13-11-22)36(38)39)33-28(42-30)25-16-9-20(31)18-26(25)32/h2-18H,1H3/b27-17+/t30-/m0/s1. The van der Waals surface area contributed by atoms with Gasteiger partial charge in [0.15, 0.2) is 0 Å². The lowest BCUT2D eigenvalue weighted by Gasteiger charge is -2.38. The lowest BCUT2D eigenvalue weighted by molar-refractivity contribution is -0.384. The molecule has 4 aromatic rings. The van der Waals surface area contributed by atoms with Gasteiger partial charge in [0.05, 0.1) is 27.6 Å². The van der Waals surface area contributed by atoms with Gasteiger partial charge < -0.3 is 4.74 Å². The SMILES string of the molecule is COc1ccc(/C=C2/S[C@]3(SC(c4ccc(Cl)cc4Cl)=NN3c3ccc([N+](=O)[O-])cc3)N(c3ccccc3)C2=O)cc1. The van der Waals surface area contributed by atoms with Crippen molar-refractivity contribution in [3.8, 4) is 5.75 Å². The van der Waals surface area contributed by atoms with Crippen molar-refractivity contribution >= 4 is 80.8 Å². The zero-order valence-corrected chi connectivity index (χ0v) is 25.0. The van der Waals surface area contributed by atoms with Gasteiger partial charge in [-0.3, -0.25) is 19.8 Å². The fraction of sp³-hybridized carbons (Fsp3) is 0.0667. The number of non-ortho nitro benzene ring substituents is 1. The number of hydrogen-bond acceptors (Lipinski definition) is 8. The zero-order chi connectivity index (χ0) is 29.4. The Morgan fingerprint density at radius 2 is 1.64 bits per heavy atom. The lowest BCUT2D eigenvalue weighted by Crippen LogP contribution is -2.51. The number of para-hydroxylation sites is 1. The number of nitro benzene ring substituents is 1. The van der Waals surface area contributed by atoms with Crippen LogP contribution in [-0.2, 0) is 4.79 Å². The molecule has 12 heteroatoms. The van der Waals surface area contributed by atoms with Gasteiger partial charge in [-0.05, 0) is 78.0 Å². The van der Waals surface area contributed by atoms with E-state index in [1.54, 1.807) is 47.4 Å². The molecule has 8 nitrogen and oxygen atoms in total. The molecule has 210 valence electrons. The molecule has 1 atom stereocenters. The van der Waals surface area contributed by atoms with Crippen LogP contribution in [0.5, 0.6) is 5.75 Å². The minimum atomic E-state index is -1.16. The van der Waals surface area contributed by atoms with Crippen LogP contribution in [-0.4, -0.2) is 27.3 Å². The molecule has 2 aliphatic rings. The maximum Gasteiger partial charge on any atom is 0.269 e. The maximum atomic E-state index is 14.3. The molecule has 2 heterocycles. The van der Waals surface area contributed by atoms with Gasteiger partial charge in [0.2, 0.25) is 4.33 Å². The van der Waals surface area contributed by atoms with Crippen LogP contribution in [0.4, 0.5) is 17.1 Å². The fourth-order valence-corrected chi connectivity index (χ4v) is 8.10. The molecule has 1 amide bonds. The van der Waals surface area contributed by atoms with Crippen molar-refractivity contribution in [1.29, 1.82) is 0 Å². The van der Waals surface area contributed by atoms with Gasteiger partial charge in [-0.25, -0.2) is 5.01 Å². The van der Waals surface area contributed by atoms with Crippen LogP contribution in [0.15, 0.2) is 107 Å². The molecule has 1 saturated heterocycles. The highest BCUT2D eigenvalue weighted by molar-refractivity contribution is 8.28. The van der Waals surface area contributed by atoms with Gasteiger partial charge in [0.1, 0.15) is 10.8 Å². The van der Waals surface area contributed by atoms with Crippen LogP contribution in [0, 0.1) is 10.1 Å². The van der Waals surface area contributed by atoms with E-state index < -0.39 is 9.25 Å². The first-order chi connectivity index (χ1) is 20.3. The largest absolute Gasteiger partial charge is 0.497 e. The van der Waals surface area contributed by atoms with Crippen LogP contribution >= 0.6 is 46.7 Å². The second kappa shape index (κ2) is 11.4. The molecule has 0 N–H and O–H groups in total. The van der Waals surface area contributed by atoms with Crippen LogP contribution in [0.3, 0.4) is 0 Å². The molecule has 4 aromatic carbocycles. The highest BCUT2D eigenvalue weighted by atomic mass is 35.5. The van der Waals surface area contributed by atoms with Crippen molar-refractivity contribution in [2.45, 2.75) is 4.33 Å². The average molecular weight is 636 g/mol. The smallest absolute Gasteiger partial charge is 0.269 e. The summed E-state index contributed by atoms with van der Waals surface area (Å²) >= 11 is 15.5. The Labute approximate surface area is 259 Å². The van der Waals surface area contributed by atoms with Gasteiger partial charge in [0, 0.05) is 28.4 Å². The van der Waals surface area contributed by atoms with E-state index in [0.29, 0.717) is 42.7 Å². The summed E-state index contributed by atoms with van der Waals surface area (Å²) in [7, 11) is 1.60. The summed E-state index contributed by atoms with van der Waals surface area (Å²) in [6, 6.07) is 28.0. The first-order valence-corrected chi connectivity index (χ1v) is 14.9. The number of thioether (sulfide) groups is 2.